The Morgan fingerprint density at radius 3 is 2.52 bits per heavy atom. The predicted molar refractivity (Wildman–Crippen MR) is 104 cm³/mol. The molecule has 2 aromatic rings. The standard InChI is InChI=1S/C19H25FN4O2S/c1-2-27(25,26)21-13-14-6-8-17(9-7-14)22-19-11-10-18(23-24-19)15-4-3-5-16(20)12-15/h3-5,10-12,14,17,21H,2,6-9,13H2,1H3,(H,22,24)/t14-,17-. The minimum absolute atomic E-state index is 0.119. The molecule has 0 atom stereocenters. The first-order chi connectivity index (χ1) is 12.9. The zero-order valence-corrected chi connectivity index (χ0v) is 16.2. The number of anilines is 1. The number of aromatic nitrogens is 2. The average Bonchev–Trinajstić information content (AvgIpc) is 2.68. The number of rotatable bonds is 7. The van der Waals surface area contributed by atoms with Crippen molar-refractivity contribution < 1.29 is 12.8 Å². The van der Waals surface area contributed by atoms with Gasteiger partial charge in [0.15, 0.2) is 0 Å². The largest absolute Gasteiger partial charge is 0.366 e. The lowest BCUT2D eigenvalue weighted by molar-refractivity contribution is 0.337. The molecule has 0 spiro atoms. The first-order valence-electron chi connectivity index (χ1n) is 9.28. The highest BCUT2D eigenvalue weighted by Gasteiger charge is 2.22. The Morgan fingerprint density at radius 1 is 1.11 bits per heavy atom. The van der Waals surface area contributed by atoms with Crippen molar-refractivity contribution in [3.05, 3.63) is 42.2 Å². The second-order valence-corrected chi connectivity index (χ2v) is 9.02. The molecule has 0 unspecified atom stereocenters. The van der Waals surface area contributed by atoms with Gasteiger partial charge in [0.1, 0.15) is 11.6 Å². The smallest absolute Gasteiger partial charge is 0.211 e. The van der Waals surface area contributed by atoms with Gasteiger partial charge in [0.05, 0.1) is 11.4 Å². The lowest BCUT2D eigenvalue weighted by atomic mass is 9.86. The number of benzene rings is 1. The van der Waals surface area contributed by atoms with E-state index in [0.717, 1.165) is 25.7 Å². The zero-order valence-electron chi connectivity index (χ0n) is 15.4. The second-order valence-electron chi connectivity index (χ2n) is 6.93. The van der Waals surface area contributed by atoms with Crippen LogP contribution in [0.5, 0.6) is 0 Å². The normalized spacial score (nSPS) is 20.4. The first-order valence-corrected chi connectivity index (χ1v) is 10.9. The molecule has 1 saturated carbocycles. The Labute approximate surface area is 159 Å². The van der Waals surface area contributed by atoms with Gasteiger partial charge < -0.3 is 5.32 Å². The van der Waals surface area contributed by atoms with Gasteiger partial charge in [0.25, 0.3) is 0 Å². The summed E-state index contributed by atoms with van der Waals surface area (Å²) in [5, 5.41) is 11.8. The first kappa shape index (κ1) is 19.7. The van der Waals surface area contributed by atoms with Crippen molar-refractivity contribution in [1.29, 1.82) is 0 Å². The van der Waals surface area contributed by atoms with Gasteiger partial charge in [-0.1, -0.05) is 12.1 Å². The highest BCUT2D eigenvalue weighted by atomic mass is 32.2. The Kier molecular flexibility index (Phi) is 6.38. The molecule has 1 aromatic carbocycles. The summed E-state index contributed by atoms with van der Waals surface area (Å²) in [6.45, 7) is 2.16. The van der Waals surface area contributed by atoms with E-state index < -0.39 is 10.0 Å². The summed E-state index contributed by atoms with van der Waals surface area (Å²) in [6.07, 6.45) is 3.87. The highest BCUT2D eigenvalue weighted by Crippen LogP contribution is 2.26. The summed E-state index contributed by atoms with van der Waals surface area (Å²) in [6, 6.07) is 10.3. The van der Waals surface area contributed by atoms with Crippen LogP contribution in [0.1, 0.15) is 32.6 Å². The molecule has 0 radical (unpaired) electrons. The molecule has 27 heavy (non-hydrogen) atoms. The number of nitrogens with one attached hydrogen (secondary N) is 2. The van der Waals surface area contributed by atoms with E-state index in [9.17, 15) is 12.8 Å². The van der Waals surface area contributed by atoms with Crippen LogP contribution < -0.4 is 10.0 Å². The van der Waals surface area contributed by atoms with Gasteiger partial charge in [0.2, 0.25) is 10.0 Å². The third kappa shape index (κ3) is 5.71. The third-order valence-corrected chi connectivity index (χ3v) is 6.32. The fourth-order valence-corrected chi connectivity index (χ4v) is 3.97. The number of nitrogens with zero attached hydrogens (tertiary/aromatic N) is 2. The Hall–Kier alpha value is -2.06. The average molecular weight is 393 g/mol. The van der Waals surface area contributed by atoms with Crippen LogP contribution in [-0.4, -0.2) is 37.0 Å². The molecule has 1 aliphatic carbocycles. The summed E-state index contributed by atoms with van der Waals surface area (Å²) in [4.78, 5) is 0. The molecule has 0 bridgehead atoms. The van der Waals surface area contributed by atoms with Crippen LogP contribution in [0.15, 0.2) is 36.4 Å². The molecule has 1 aliphatic rings. The summed E-state index contributed by atoms with van der Waals surface area (Å²) < 4.78 is 39.1. The van der Waals surface area contributed by atoms with Gasteiger partial charge in [0, 0.05) is 18.2 Å². The topological polar surface area (TPSA) is 84.0 Å². The molecule has 2 N–H and O–H groups in total. The monoisotopic (exact) mass is 392 g/mol. The maximum Gasteiger partial charge on any atom is 0.211 e. The van der Waals surface area contributed by atoms with E-state index >= 15 is 0 Å². The molecule has 0 aliphatic heterocycles. The minimum Gasteiger partial charge on any atom is -0.366 e. The van der Waals surface area contributed by atoms with Crippen molar-refractivity contribution in [3.63, 3.8) is 0 Å². The SMILES string of the molecule is CCS(=O)(=O)NC[C@H]1CC[C@H](Nc2ccc(-c3cccc(F)c3)nn2)CC1. The van der Waals surface area contributed by atoms with E-state index in [-0.39, 0.29) is 11.6 Å². The molecule has 0 saturated heterocycles. The quantitative estimate of drug-likeness (QED) is 0.756. The number of sulfonamides is 1. The minimum atomic E-state index is -3.12. The summed E-state index contributed by atoms with van der Waals surface area (Å²) >= 11 is 0. The van der Waals surface area contributed by atoms with E-state index in [1.54, 1.807) is 19.1 Å². The van der Waals surface area contributed by atoms with Crippen molar-refractivity contribution in [3.8, 4) is 11.3 Å². The van der Waals surface area contributed by atoms with E-state index in [2.05, 4.69) is 20.2 Å². The van der Waals surface area contributed by atoms with Crippen molar-refractivity contribution in [2.45, 2.75) is 38.6 Å². The van der Waals surface area contributed by atoms with Crippen molar-refractivity contribution in [1.82, 2.24) is 14.9 Å². The molecule has 3 rings (SSSR count). The van der Waals surface area contributed by atoms with Crippen LogP contribution >= 0.6 is 0 Å². The maximum atomic E-state index is 13.3. The summed E-state index contributed by atoms with van der Waals surface area (Å²) in [5.74, 6) is 0.902. The van der Waals surface area contributed by atoms with Crippen molar-refractivity contribution in [2.24, 2.45) is 5.92 Å². The Balaban J connectivity index is 1.49. The van der Waals surface area contributed by atoms with Crippen LogP contribution in [0.3, 0.4) is 0 Å². The molecule has 6 nitrogen and oxygen atoms in total. The fourth-order valence-electron chi connectivity index (χ4n) is 3.28. The predicted octanol–water partition coefficient (Wildman–Crippen LogP) is 3.19. The molecule has 146 valence electrons. The second kappa shape index (κ2) is 8.75. The van der Waals surface area contributed by atoms with E-state index in [1.165, 1.54) is 12.1 Å². The summed E-state index contributed by atoms with van der Waals surface area (Å²) in [5.41, 5.74) is 1.33. The third-order valence-electron chi connectivity index (χ3n) is 4.96. The maximum absolute atomic E-state index is 13.3. The Bertz CT molecular complexity index is 850. The molecule has 1 heterocycles. The number of halogens is 1. The van der Waals surface area contributed by atoms with Crippen LogP contribution in [0.4, 0.5) is 10.2 Å². The number of hydrogen-bond acceptors (Lipinski definition) is 5. The van der Waals surface area contributed by atoms with Crippen LogP contribution in [-0.2, 0) is 10.0 Å². The molecule has 8 heteroatoms. The molecule has 0 amide bonds. The zero-order chi connectivity index (χ0) is 19.3. The van der Waals surface area contributed by atoms with Gasteiger partial charge in [-0.05, 0) is 62.8 Å². The van der Waals surface area contributed by atoms with Gasteiger partial charge in [-0.15, -0.1) is 10.2 Å². The lowest BCUT2D eigenvalue weighted by Gasteiger charge is -2.29. The van der Waals surface area contributed by atoms with E-state index in [4.69, 9.17) is 0 Å². The van der Waals surface area contributed by atoms with E-state index in [1.807, 2.05) is 12.1 Å². The van der Waals surface area contributed by atoms with Crippen LogP contribution in [0.25, 0.3) is 11.3 Å². The Morgan fingerprint density at radius 2 is 1.89 bits per heavy atom. The lowest BCUT2D eigenvalue weighted by Crippen LogP contribution is -2.34. The van der Waals surface area contributed by atoms with Crippen LogP contribution in [0.2, 0.25) is 0 Å². The van der Waals surface area contributed by atoms with Gasteiger partial charge >= 0.3 is 0 Å². The highest BCUT2D eigenvalue weighted by molar-refractivity contribution is 7.89. The van der Waals surface area contributed by atoms with Crippen molar-refractivity contribution in [2.75, 3.05) is 17.6 Å². The fraction of sp³-hybridized carbons (Fsp3) is 0.474. The number of hydrogen-bond donors (Lipinski definition) is 2. The summed E-state index contributed by atoms with van der Waals surface area (Å²) in [7, 11) is -3.12. The molecule has 1 aromatic heterocycles. The molecular formula is C19H25FN4O2S. The van der Waals surface area contributed by atoms with Gasteiger partial charge in [-0.2, -0.15) is 0 Å². The molecule has 1 fully saturated rings. The molecular weight excluding hydrogens is 367 g/mol. The van der Waals surface area contributed by atoms with Gasteiger partial charge in [-0.3, -0.25) is 0 Å². The van der Waals surface area contributed by atoms with Crippen LogP contribution in [0, 0.1) is 11.7 Å². The van der Waals surface area contributed by atoms with E-state index in [0.29, 0.717) is 35.6 Å². The van der Waals surface area contributed by atoms with Gasteiger partial charge in [-0.25, -0.2) is 17.5 Å². The van der Waals surface area contributed by atoms with Crippen molar-refractivity contribution >= 4 is 15.8 Å².